The van der Waals surface area contributed by atoms with Crippen LogP contribution < -0.4 is 0 Å². The van der Waals surface area contributed by atoms with E-state index in [4.69, 9.17) is 0 Å². The summed E-state index contributed by atoms with van der Waals surface area (Å²) in [5.74, 6) is 2.69. The van der Waals surface area contributed by atoms with Crippen LogP contribution in [0, 0.1) is 23.7 Å². The smallest absolute Gasteiger partial charge is 0.131 e. The van der Waals surface area contributed by atoms with Gasteiger partial charge in [0.1, 0.15) is 12.3 Å². The minimum atomic E-state index is -1.19. The van der Waals surface area contributed by atoms with Gasteiger partial charge in [-0.25, -0.2) is 8.78 Å². The zero-order valence-electron chi connectivity index (χ0n) is 15.0. The van der Waals surface area contributed by atoms with Crippen molar-refractivity contribution in [1.29, 1.82) is 0 Å². The summed E-state index contributed by atoms with van der Waals surface area (Å²) in [6.45, 7) is 6.21. The maximum absolute atomic E-state index is 13.6. The van der Waals surface area contributed by atoms with E-state index in [1.54, 1.807) is 0 Å². The molecule has 0 amide bonds. The minimum absolute atomic E-state index is 0.451. The largest absolute Gasteiger partial charge is 0.244 e. The first-order chi connectivity index (χ1) is 11.1. The molecule has 2 aliphatic carbocycles. The first-order valence-corrected chi connectivity index (χ1v) is 10.0. The van der Waals surface area contributed by atoms with Gasteiger partial charge in [-0.3, -0.25) is 0 Å². The molecule has 0 nitrogen and oxygen atoms in total. The van der Waals surface area contributed by atoms with E-state index in [-0.39, 0.29) is 0 Å². The van der Waals surface area contributed by atoms with E-state index in [1.165, 1.54) is 57.8 Å². The predicted octanol–water partition coefficient (Wildman–Crippen LogP) is 7.04. The molecule has 4 unspecified atom stereocenters. The highest BCUT2D eigenvalue weighted by atomic mass is 19.2. The summed E-state index contributed by atoms with van der Waals surface area (Å²) in [6.07, 6.45) is 13.2. The van der Waals surface area contributed by atoms with Crippen molar-refractivity contribution in [2.75, 3.05) is 0 Å². The fraction of sp³-hybridized carbons (Fsp3) is 0.905. The topological polar surface area (TPSA) is 0 Å². The highest BCUT2D eigenvalue weighted by molar-refractivity contribution is 4.86. The van der Waals surface area contributed by atoms with E-state index in [9.17, 15) is 8.78 Å². The third-order valence-electron chi connectivity index (χ3n) is 6.47. The Kier molecular flexibility index (Phi) is 8.06. The van der Waals surface area contributed by atoms with Crippen molar-refractivity contribution in [3.8, 4) is 0 Å². The summed E-state index contributed by atoms with van der Waals surface area (Å²) in [5.41, 5.74) is 0. The van der Waals surface area contributed by atoms with Gasteiger partial charge in [-0.05, 0) is 68.6 Å². The monoisotopic (exact) mass is 326 g/mol. The van der Waals surface area contributed by atoms with Crippen LogP contribution in [-0.2, 0) is 0 Å². The molecule has 2 heteroatoms. The molecule has 2 rings (SSSR count). The standard InChI is InChI=1S/C21H36F2/c1-3-6-16(4-2)7-5-8-17-9-11-18(12-10-17)19-13-14-20(22)21(23)15-19/h4,16-21H,2-3,5-15H2,1H3. The molecule has 2 fully saturated rings. The number of hydrogen-bond donors (Lipinski definition) is 0. The second-order valence-electron chi connectivity index (χ2n) is 8.10. The van der Waals surface area contributed by atoms with Gasteiger partial charge in [0.2, 0.25) is 0 Å². The maximum atomic E-state index is 13.6. The van der Waals surface area contributed by atoms with Gasteiger partial charge in [0.05, 0.1) is 0 Å². The average molecular weight is 327 g/mol. The molecule has 0 aliphatic heterocycles. The molecule has 0 radical (unpaired) electrons. The maximum Gasteiger partial charge on any atom is 0.131 e. The molecule has 0 aromatic heterocycles. The molecule has 0 bridgehead atoms. The Hall–Kier alpha value is -0.400. The van der Waals surface area contributed by atoms with Crippen molar-refractivity contribution in [2.45, 2.75) is 96.3 Å². The van der Waals surface area contributed by atoms with Crippen LogP contribution in [0.5, 0.6) is 0 Å². The molecule has 0 N–H and O–H groups in total. The Morgan fingerprint density at radius 1 is 0.957 bits per heavy atom. The van der Waals surface area contributed by atoms with Crippen LogP contribution in [0.4, 0.5) is 8.78 Å². The number of rotatable bonds is 8. The lowest BCUT2D eigenvalue weighted by molar-refractivity contribution is 0.0543. The van der Waals surface area contributed by atoms with Crippen molar-refractivity contribution in [1.82, 2.24) is 0 Å². The molecule has 2 aliphatic rings. The van der Waals surface area contributed by atoms with Gasteiger partial charge in [-0.1, -0.05) is 45.1 Å². The summed E-state index contributed by atoms with van der Waals surface area (Å²) in [5, 5.41) is 0. The Bertz CT molecular complexity index is 333. The molecule has 0 spiro atoms. The summed E-state index contributed by atoms with van der Waals surface area (Å²) in [4.78, 5) is 0. The first-order valence-electron chi connectivity index (χ1n) is 10.0. The predicted molar refractivity (Wildman–Crippen MR) is 95.0 cm³/mol. The summed E-state index contributed by atoms with van der Waals surface area (Å²) in [6, 6.07) is 0. The van der Waals surface area contributed by atoms with Crippen LogP contribution in [-0.4, -0.2) is 12.3 Å². The Labute approximate surface area is 142 Å². The van der Waals surface area contributed by atoms with Crippen LogP contribution in [0.15, 0.2) is 12.7 Å². The fourth-order valence-electron chi connectivity index (χ4n) is 4.90. The van der Waals surface area contributed by atoms with E-state index < -0.39 is 12.3 Å². The summed E-state index contributed by atoms with van der Waals surface area (Å²) >= 11 is 0. The molecule has 0 heterocycles. The van der Waals surface area contributed by atoms with Crippen molar-refractivity contribution < 1.29 is 8.78 Å². The number of hydrogen-bond acceptors (Lipinski definition) is 0. The van der Waals surface area contributed by atoms with Gasteiger partial charge < -0.3 is 0 Å². The van der Waals surface area contributed by atoms with E-state index in [0.29, 0.717) is 30.6 Å². The number of alkyl halides is 2. The zero-order valence-corrected chi connectivity index (χ0v) is 15.0. The minimum Gasteiger partial charge on any atom is -0.244 e. The summed E-state index contributed by atoms with van der Waals surface area (Å²) in [7, 11) is 0. The van der Waals surface area contributed by atoms with Crippen molar-refractivity contribution >= 4 is 0 Å². The third kappa shape index (κ3) is 5.87. The van der Waals surface area contributed by atoms with Gasteiger partial charge in [0, 0.05) is 0 Å². The molecular weight excluding hydrogens is 290 g/mol. The summed E-state index contributed by atoms with van der Waals surface area (Å²) < 4.78 is 26.9. The molecule has 23 heavy (non-hydrogen) atoms. The fourth-order valence-corrected chi connectivity index (χ4v) is 4.90. The molecule has 0 saturated heterocycles. The lowest BCUT2D eigenvalue weighted by Crippen LogP contribution is -2.32. The Balaban J connectivity index is 1.63. The third-order valence-corrected chi connectivity index (χ3v) is 6.47. The molecule has 4 atom stereocenters. The Morgan fingerprint density at radius 2 is 1.65 bits per heavy atom. The molecule has 0 aromatic carbocycles. The van der Waals surface area contributed by atoms with Crippen molar-refractivity contribution in [3.05, 3.63) is 12.7 Å². The van der Waals surface area contributed by atoms with Crippen molar-refractivity contribution in [3.63, 3.8) is 0 Å². The lowest BCUT2D eigenvalue weighted by atomic mass is 9.69. The van der Waals surface area contributed by atoms with Crippen molar-refractivity contribution in [2.24, 2.45) is 23.7 Å². The van der Waals surface area contributed by atoms with E-state index >= 15 is 0 Å². The van der Waals surface area contributed by atoms with E-state index in [0.717, 1.165) is 12.3 Å². The van der Waals surface area contributed by atoms with Crippen LogP contribution in [0.25, 0.3) is 0 Å². The molecule has 134 valence electrons. The first kappa shape index (κ1) is 18.9. The normalized spacial score (nSPS) is 36.6. The van der Waals surface area contributed by atoms with Crippen LogP contribution in [0.3, 0.4) is 0 Å². The second kappa shape index (κ2) is 9.79. The van der Waals surface area contributed by atoms with Gasteiger partial charge >= 0.3 is 0 Å². The zero-order chi connectivity index (χ0) is 16.7. The molecule has 2 saturated carbocycles. The van der Waals surface area contributed by atoms with Crippen LogP contribution in [0.2, 0.25) is 0 Å². The number of allylic oxidation sites excluding steroid dienone is 1. The second-order valence-corrected chi connectivity index (χ2v) is 8.10. The van der Waals surface area contributed by atoms with E-state index in [2.05, 4.69) is 19.6 Å². The highest BCUT2D eigenvalue weighted by Crippen LogP contribution is 2.42. The van der Waals surface area contributed by atoms with Crippen LogP contribution >= 0.6 is 0 Å². The van der Waals surface area contributed by atoms with Gasteiger partial charge in [-0.15, -0.1) is 6.58 Å². The van der Waals surface area contributed by atoms with Gasteiger partial charge in [-0.2, -0.15) is 0 Å². The highest BCUT2D eigenvalue weighted by Gasteiger charge is 2.35. The SMILES string of the molecule is C=CC(CCC)CCCC1CCC(C2CCC(F)C(F)C2)CC1. The Morgan fingerprint density at radius 3 is 2.26 bits per heavy atom. The lowest BCUT2D eigenvalue weighted by Gasteiger charge is -2.37. The number of halogens is 2. The molecular formula is C21H36F2. The van der Waals surface area contributed by atoms with Gasteiger partial charge in [0.15, 0.2) is 0 Å². The van der Waals surface area contributed by atoms with Gasteiger partial charge in [0.25, 0.3) is 0 Å². The van der Waals surface area contributed by atoms with E-state index in [1.807, 2.05) is 0 Å². The van der Waals surface area contributed by atoms with Crippen LogP contribution in [0.1, 0.15) is 84.0 Å². The molecule has 0 aromatic rings. The average Bonchev–Trinajstić information content (AvgIpc) is 2.57. The quantitative estimate of drug-likeness (QED) is 0.419.